The van der Waals surface area contributed by atoms with E-state index in [0.717, 1.165) is 54.8 Å². The van der Waals surface area contributed by atoms with Crippen molar-refractivity contribution in [2.75, 3.05) is 31.4 Å². The summed E-state index contributed by atoms with van der Waals surface area (Å²) in [6.07, 6.45) is 5.88. The van der Waals surface area contributed by atoms with Gasteiger partial charge in [-0.1, -0.05) is 18.2 Å². The Bertz CT molecular complexity index is 1120. The first-order chi connectivity index (χ1) is 14.0. The van der Waals surface area contributed by atoms with Crippen molar-refractivity contribution in [2.24, 2.45) is 5.92 Å². The maximum absolute atomic E-state index is 12.0. The number of methoxy groups -OCH3 is 1. The smallest absolute Gasteiger partial charge is 0.175 e. The van der Waals surface area contributed by atoms with Gasteiger partial charge in [0.05, 0.1) is 17.5 Å². The molecule has 0 bridgehead atoms. The number of nitrogens with zero attached hydrogens (tertiary/aromatic N) is 3. The van der Waals surface area contributed by atoms with Gasteiger partial charge in [0, 0.05) is 24.7 Å². The number of rotatable bonds is 5. The second-order valence-corrected chi connectivity index (χ2v) is 9.61. The van der Waals surface area contributed by atoms with Gasteiger partial charge in [-0.25, -0.2) is 18.4 Å². The summed E-state index contributed by atoms with van der Waals surface area (Å²) in [7, 11) is -1.56. The first kappa shape index (κ1) is 19.6. The summed E-state index contributed by atoms with van der Waals surface area (Å²) in [5.41, 5.74) is 2.01. The maximum Gasteiger partial charge on any atom is 0.175 e. The molecule has 0 saturated carbocycles. The third kappa shape index (κ3) is 4.19. The van der Waals surface area contributed by atoms with Crippen molar-refractivity contribution < 1.29 is 13.2 Å². The molecule has 0 amide bonds. The fourth-order valence-electron chi connectivity index (χ4n) is 4.04. The molecule has 29 heavy (non-hydrogen) atoms. The zero-order chi connectivity index (χ0) is 20.4. The lowest BCUT2D eigenvalue weighted by Gasteiger charge is -2.33. The lowest BCUT2D eigenvalue weighted by Crippen LogP contribution is -2.35. The molecule has 6 nitrogen and oxygen atoms in total. The van der Waals surface area contributed by atoms with Crippen molar-refractivity contribution in [1.29, 1.82) is 0 Å². The highest BCUT2D eigenvalue weighted by Gasteiger charge is 2.23. The lowest BCUT2D eigenvalue weighted by molar-refractivity contribution is 0.380. The number of fused-ring (bicyclic) bond motifs is 1. The van der Waals surface area contributed by atoms with Crippen molar-refractivity contribution in [3.05, 3.63) is 54.4 Å². The number of hydrogen-bond acceptors (Lipinski definition) is 6. The topological polar surface area (TPSA) is 72.4 Å². The largest absolute Gasteiger partial charge is 0.496 e. The standard InChI is InChI=1S/C22H25N3O3S/c1-28-21-6-4-3-5-17(21)13-16-9-11-25(12-10-16)22-19-14-18(29(2,26)27)7-8-20(19)23-15-24-22/h3-8,14-16H,9-13H2,1-2H3. The zero-order valence-electron chi connectivity index (χ0n) is 16.7. The Kier molecular flexibility index (Phi) is 5.41. The van der Waals surface area contributed by atoms with Gasteiger partial charge in [0.25, 0.3) is 0 Å². The van der Waals surface area contributed by atoms with E-state index in [9.17, 15) is 8.42 Å². The summed E-state index contributed by atoms with van der Waals surface area (Å²) in [4.78, 5) is 11.3. The summed E-state index contributed by atoms with van der Waals surface area (Å²) in [6, 6.07) is 13.3. The number of hydrogen-bond donors (Lipinski definition) is 0. The third-order valence-electron chi connectivity index (χ3n) is 5.63. The first-order valence-corrected chi connectivity index (χ1v) is 11.7. The molecule has 2 aromatic carbocycles. The molecule has 0 spiro atoms. The van der Waals surface area contributed by atoms with Gasteiger partial charge in [-0.05, 0) is 55.0 Å². The minimum Gasteiger partial charge on any atom is -0.496 e. The Morgan fingerprint density at radius 2 is 1.86 bits per heavy atom. The molecule has 0 unspecified atom stereocenters. The average Bonchev–Trinajstić information content (AvgIpc) is 2.73. The minimum absolute atomic E-state index is 0.298. The van der Waals surface area contributed by atoms with Gasteiger partial charge in [0.15, 0.2) is 9.84 Å². The molecule has 1 aromatic heterocycles. The average molecular weight is 412 g/mol. The van der Waals surface area contributed by atoms with Crippen molar-refractivity contribution >= 4 is 26.6 Å². The van der Waals surface area contributed by atoms with E-state index in [2.05, 4.69) is 27.0 Å². The summed E-state index contributed by atoms with van der Waals surface area (Å²) in [6.45, 7) is 1.77. The van der Waals surface area contributed by atoms with Crippen LogP contribution in [0.15, 0.2) is 53.7 Å². The molecule has 3 aromatic rings. The van der Waals surface area contributed by atoms with Crippen LogP contribution in [0.3, 0.4) is 0 Å². The fraction of sp³-hybridized carbons (Fsp3) is 0.364. The first-order valence-electron chi connectivity index (χ1n) is 9.77. The summed E-state index contributed by atoms with van der Waals surface area (Å²) >= 11 is 0. The van der Waals surface area contributed by atoms with Gasteiger partial charge >= 0.3 is 0 Å². The van der Waals surface area contributed by atoms with E-state index in [4.69, 9.17) is 4.74 Å². The molecular weight excluding hydrogens is 386 g/mol. The number of anilines is 1. The highest BCUT2D eigenvalue weighted by molar-refractivity contribution is 7.90. The van der Waals surface area contributed by atoms with Gasteiger partial charge in [0.2, 0.25) is 0 Å². The van der Waals surface area contributed by atoms with E-state index >= 15 is 0 Å². The highest BCUT2D eigenvalue weighted by atomic mass is 32.2. The Morgan fingerprint density at radius 1 is 1.10 bits per heavy atom. The lowest BCUT2D eigenvalue weighted by atomic mass is 9.89. The molecule has 1 fully saturated rings. The second kappa shape index (κ2) is 7.99. The Labute approximate surface area is 171 Å². The van der Waals surface area contributed by atoms with Crippen LogP contribution in [-0.2, 0) is 16.3 Å². The van der Waals surface area contributed by atoms with Gasteiger partial charge in [0.1, 0.15) is 17.9 Å². The Balaban J connectivity index is 1.53. The predicted molar refractivity (Wildman–Crippen MR) is 114 cm³/mol. The third-order valence-corrected chi connectivity index (χ3v) is 6.74. The minimum atomic E-state index is -3.28. The van der Waals surface area contributed by atoms with Crippen molar-refractivity contribution in [3.8, 4) is 5.75 Å². The molecule has 7 heteroatoms. The van der Waals surface area contributed by atoms with Gasteiger partial charge in [-0.2, -0.15) is 0 Å². The molecule has 0 radical (unpaired) electrons. The molecule has 152 valence electrons. The van der Waals surface area contributed by atoms with Crippen LogP contribution in [0.25, 0.3) is 10.9 Å². The van der Waals surface area contributed by atoms with E-state index in [1.807, 2.05) is 12.1 Å². The highest BCUT2D eigenvalue weighted by Crippen LogP contribution is 2.31. The Morgan fingerprint density at radius 3 is 2.59 bits per heavy atom. The van der Waals surface area contributed by atoms with Gasteiger partial charge < -0.3 is 9.64 Å². The monoisotopic (exact) mass is 411 g/mol. The molecule has 0 aliphatic carbocycles. The van der Waals surface area contributed by atoms with Crippen LogP contribution < -0.4 is 9.64 Å². The predicted octanol–water partition coefficient (Wildman–Crippen LogP) is 3.50. The molecular formula is C22H25N3O3S. The molecule has 2 heterocycles. The number of benzene rings is 2. The molecule has 1 saturated heterocycles. The van der Waals surface area contributed by atoms with Crippen molar-refractivity contribution in [1.82, 2.24) is 9.97 Å². The number of ether oxygens (including phenoxy) is 1. The number of sulfone groups is 1. The SMILES string of the molecule is COc1ccccc1CC1CCN(c2ncnc3ccc(S(C)(=O)=O)cc23)CC1. The van der Waals surface area contributed by atoms with Crippen molar-refractivity contribution in [2.45, 2.75) is 24.2 Å². The zero-order valence-corrected chi connectivity index (χ0v) is 17.5. The van der Waals surface area contributed by atoms with E-state index in [1.165, 1.54) is 11.8 Å². The molecule has 0 N–H and O–H groups in total. The van der Waals surface area contributed by atoms with Crippen LogP contribution in [0.5, 0.6) is 5.75 Å². The van der Waals surface area contributed by atoms with Crippen LogP contribution in [0, 0.1) is 5.92 Å². The quantitative estimate of drug-likeness (QED) is 0.640. The second-order valence-electron chi connectivity index (χ2n) is 7.59. The Hall–Kier alpha value is -2.67. The van der Waals surface area contributed by atoms with E-state index < -0.39 is 9.84 Å². The molecule has 4 rings (SSSR count). The fourth-order valence-corrected chi connectivity index (χ4v) is 4.68. The van der Waals surface area contributed by atoms with Crippen LogP contribution in [0.2, 0.25) is 0 Å². The van der Waals surface area contributed by atoms with Crippen LogP contribution >= 0.6 is 0 Å². The van der Waals surface area contributed by atoms with Crippen LogP contribution in [0.4, 0.5) is 5.82 Å². The van der Waals surface area contributed by atoms with E-state index in [0.29, 0.717) is 10.8 Å². The van der Waals surface area contributed by atoms with Crippen LogP contribution in [0.1, 0.15) is 18.4 Å². The van der Waals surface area contributed by atoms with Crippen LogP contribution in [-0.4, -0.2) is 44.8 Å². The maximum atomic E-state index is 12.0. The molecule has 1 aliphatic rings. The summed E-state index contributed by atoms with van der Waals surface area (Å²) < 4.78 is 29.4. The summed E-state index contributed by atoms with van der Waals surface area (Å²) in [5, 5.41) is 0.790. The van der Waals surface area contributed by atoms with E-state index in [-0.39, 0.29) is 0 Å². The van der Waals surface area contributed by atoms with E-state index in [1.54, 1.807) is 31.6 Å². The molecule has 1 aliphatic heterocycles. The van der Waals surface area contributed by atoms with Gasteiger partial charge in [-0.15, -0.1) is 0 Å². The normalized spacial score (nSPS) is 15.6. The van der Waals surface area contributed by atoms with Crippen molar-refractivity contribution in [3.63, 3.8) is 0 Å². The molecule has 0 atom stereocenters. The number of para-hydroxylation sites is 1. The number of piperidine rings is 1. The number of aromatic nitrogens is 2. The summed E-state index contributed by atoms with van der Waals surface area (Å²) in [5.74, 6) is 2.35. The van der Waals surface area contributed by atoms with Gasteiger partial charge in [-0.3, -0.25) is 0 Å².